The molecule has 6 heteroatoms. The van der Waals surface area contributed by atoms with Gasteiger partial charge in [-0.05, 0) is 55.3 Å². The van der Waals surface area contributed by atoms with Crippen LogP contribution in [0.5, 0.6) is 5.75 Å². The molecule has 1 heterocycles. The summed E-state index contributed by atoms with van der Waals surface area (Å²) in [6.45, 7) is 1.90. The second-order valence-corrected chi connectivity index (χ2v) is 8.12. The third-order valence-electron chi connectivity index (χ3n) is 5.69. The number of amides is 3. The number of likely N-dealkylation sites (tertiary alicyclic amines) is 1. The summed E-state index contributed by atoms with van der Waals surface area (Å²) in [6.07, 6.45) is 4.46. The van der Waals surface area contributed by atoms with Crippen LogP contribution in [0.25, 0.3) is 0 Å². The average molecular weight is 444 g/mol. The Balaban J connectivity index is 1.35. The zero-order valence-corrected chi connectivity index (χ0v) is 18.6. The van der Waals surface area contributed by atoms with Crippen molar-refractivity contribution in [1.82, 2.24) is 4.90 Å². The number of hydrogen-bond donors (Lipinski definition) is 2. The first-order chi connectivity index (χ1) is 16.2. The number of carbonyl (C=O) groups is 2. The highest BCUT2D eigenvalue weighted by Crippen LogP contribution is 2.19. The lowest BCUT2D eigenvalue weighted by atomic mass is 10.1. The van der Waals surface area contributed by atoms with Crippen LogP contribution in [-0.4, -0.2) is 29.9 Å². The predicted octanol–water partition coefficient (Wildman–Crippen LogP) is 5.93. The van der Waals surface area contributed by atoms with E-state index in [1.165, 1.54) is 12.8 Å². The Morgan fingerprint density at radius 2 is 1.33 bits per heavy atom. The summed E-state index contributed by atoms with van der Waals surface area (Å²) in [5.41, 5.74) is 2.73. The van der Waals surface area contributed by atoms with Crippen molar-refractivity contribution >= 4 is 23.3 Å². The van der Waals surface area contributed by atoms with Crippen LogP contribution in [0.1, 0.15) is 41.6 Å². The first-order valence-corrected chi connectivity index (χ1v) is 11.4. The fourth-order valence-electron chi connectivity index (χ4n) is 3.86. The topological polar surface area (TPSA) is 70.7 Å². The molecule has 170 valence electrons. The molecule has 0 aliphatic carbocycles. The molecular weight excluding hydrogens is 414 g/mol. The van der Waals surface area contributed by atoms with E-state index in [9.17, 15) is 9.59 Å². The molecular formula is C27H29N3O3. The SMILES string of the molecule is O=C(Nc1ccc(NC(=O)N2CCCCCC2)cc1)c1ccccc1COc1ccccc1. The molecule has 0 spiro atoms. The highest BCUT2D eigenvalue weighted by molar-refractivity contribution is 6.05. The molecule has 3 aromatic carbocycles. The van der Waals surface area contributed by atoms with Crippen LogP contribution in [-0.2, 0) is 6.61 Å². The summed E-state index contributed by atoms with van der Waals surface area (Å²) in [5.74, 6) is 0.550. The third-order valence-corrected chi connectivity index (χ3v) is 5.69. The molecule has 0 atom stereocenters. The van der Waals surface area contributed by atoms with Gasteiger partial charge in [-0.2, -0.15) is 0 Å². The fourth-order valence-corrected chi connectivity index (χ4v) is 3.86. The van der Waals surface area contributed by atoms with Crippen molar-refractivity contribution in [2.75, 3.05) is 23.7 Å². The van der Waals surface area contributed by atoms with Crippen LogP contribution < -0.4 is 15.4 Å². The normalized spacial score (nSPS) is 13.6. The Morgan fingerprint density at radius 3 is 2.03 bits per heavy atom. The minimum Gasteiger partial charge on any atom is -0.489 e. The first kappa shape index (κ1) is 22.4. The van der Waals surface area contributed by atoms with Crippen LogP contribution in [0.15, 0.2) is 78.9 Å². The Labute approximate surface area is 194 Å². The third kappa shape index (κ3) is 6.35. The minimum absolute atomic E-state index is 0.0685. The molecule has 1 fully saturated rings. The van der Waals surface area contributed by atoms with Crippen molar-refractivity contribution in [3.8, 4) is 5.75 Å². The van der Waals surface area contributed by atoms with Gasteiger partial charge in [0.1, 0.15) is 12.4 Å². The molecule has 0 aromatic heterocycles. The van der Waals surface area contributed by atoms with Gasteiger partial charge >= 0.3 is 6.03 Å². The van der Waals surface area contributed by atoms with E-state index in [2.05, 4.69) is 10.6 Å². The summed E-state index contributed by atoms with van der Waals surface area (Å²) in [4.78, 5) is 27.3. The van der Waals surface area contributed by atoms with Gasteiger partial charge in [0.15, 0.2) is 0 Å². The van der Waals surface area contributed by atoms with Crippen LogP contribution in [0.3, 0.4) is 0 Å². The van der Waals surface area contributed by atoms with Gasteiger partial charge in [-0.3, -0.25) is 4.79 Å². The molecule has 0 unspecified atom stereocenters. The molecule has 0 bridgehead atoms. The highest BCUT2D eigenvalue weighted by atomic mass is 16.5. The van der Waals surface area contributed by atoms with E-state index in [0.29, 0.717) is 23.5 Å². The Hall–Kier alpha value is -3.80. The first-order valence-electron chi connectivity index (χ1n) is 11.4. The maximum Gasteiger partial charge on any atom is 0.321 e. The summed E-state index contributed by atoms with van der Waals surface area (Å²) >= 11 is 0. The van der Waals surface area contributed by atoms with E-state index in [1.54, 1.807) is 30.3 Å². The Kier molecular flexibility index (Phi) is 7.59. The van der Waals surface area contributed by atoms with E-state index in [1.807, 2.05) is 53.4 Å². The lowest BCUT2D eigenvalue weighted by molar-refractivity contribution is 0.102. The van der Waals surface area contributed by atoms with Gasteiger partial charge in [-0.25, -0.2) is 4.79 Å². The Morgan fingerprint density at radius 1 is 0.727 bits per heavy atom. The molecule has 0 saturated carbocycles. The smallest absolute Gasteiger partial charge is 0.321 e. The summed E-state index contributed by atoms with van der Waals surface area (Å²) in [7, 11) is 0. The van der Waals surface area contributed by atoms with Gasteiger partial charge in [-0.15, -0.1) is 0 Å². The van der Waals surface area contributed by atoms with Gasteiger partial charge in [-0.1, -0.05) is 49.2 Å². The van der Waals surface area contributed by atoms with E-state index < -0.39 is 0 Å². The number of anilines is 2. The van der Waals surface area contributed by atoms with Gasteiger partial charge < -0.3 is 20.3 Å². The number of para-hydroxylation sites is 1. The zero-order valence-electron chi connectivity index (χ0n) is 18.6. The number of hydrogen-bond acceptors (Lipinski definition) is 3. The molecule has 0 radical (unpaired) electrons. The second kappa shape index (κ2) is 11.2. The highest BCUT2D eigenvalue weighted by Gasteiger charge is 2.16. The zero-order chi connectivity index (χ0) is 22.9. The maximum atomic E-state index is 12.9. The number of rotatable bonds is 6. The maximum absolute atomic E-state index is 12.9. The van der Waals surface area contributed by atoms with Crippen LogP contribution >= 0.6 is 0 Å². The lowest BCUT2D eigenvalue weighted by Gasteiger charge is -2.20. The van der Waals surface area contributed by atoms with E-state index >= 15 is 0 Å². The van der Waals surface area contributed by atoms with Crippen LogP contribution in [0, 0.1) is 0 Å². The molecule has 4 rings (SSSR count). The molecule has 1 aliphatic heterocycles. The molecule has 1 saturated heterocycles. The molecule has 3 amide bonds. The van der Waals surface area contributed by atoms with Gasteiger partial charge in [0.25, 0.3) is 5.91 Å². The van der Waals surface area contributed by atoms with Crippen molar-refractivity contribution in [3.63, 3.8) is 0 Å². The number of urea groups is 1. The second-order valence-electron chi connectivity index (χ2n) is 8.12. The molecule has 33 heavy (non-hydrogen) atoms. The van der Waals surface area contributed by atoms with Crippen molar-refractivity contribution < 1.29 is 14.3 Å². The fraction of sp³-hybridized carbons (Fsp3) is 0.259. The van der Waals surface area contributed by atoms with Gasteiger partial charge in [0.2, 0.25) is 0 Å². The van der Waals surface area contributed by atoms with Crippen LogP contribution in [0.2, 0.25) is 0 Å². The average Bonchev–Trinajstić information content (AvgIpc) is 3.15. The summed E-state index contributed by atoms with van der Waals surface area (Å²) in [6, 6.07) is 24.0. The monoisotopic (exact) mass is 443 g/mol. The number of benzene rings is 3. The summed E-state index contributed by atoms with van der Waals surface area (Å²) < 4.78 is 5.82. The molecule has 1 aliphatic rings. The van der Waals surface area contributed by atoms with Crippen LogP contribution in [0.4, 0.5) is 16.2 Å². The molecule has 2 N–H and O–H groups in total. The largest absolute Gasteiger partial charge is 0.489 e. The van der Waals surface area contributed by atoms with E-state index in [4.69, 9.17) is 4.74 Å². The van der Waals surface area contributed by atoms with E-state index in [0.717, 1.165) is 37.2 Å². The Bertz CT molecular complexity index is 1060. The molecule has 6 nitrogen and oxygen atoms in total. The number of nitrogens with zero attached hydrogens (tertiary/aromatic N) is 1. The lowest BCUT2D eigenvalue weighted by Crippen LogP contribution is -2.35. The van der Waals surface area contributed by atoms with Gasteiger partial charge in [0, 0.05) is 35.6 Å². The van der Waals surface area contributed by atoms with Crippen molar-refractivity contribution in [1.29, 1.82) is 0 Å². The molecule has 3 aromatic rings. The minimum atomic E-state index is -0.205. The van der Waals surface area contributed by atoms with Crippen molar-refractivity contribution in [2.24, 2.45) is 0 Å². The van der Waals surface area contributed by atoms with Crippen molar-refractivity contribution in [3.05, 3.63) is 90.0 Å². The number of ether oxygens (including phenoxy) is 1. The summed E-state index contributed by atoms with van der Waals surface area (Å²) in [5, 5.41) is 5.88. The van der Waals surface area contributed by atoms with Gasteiger partial charge in [0.05, 0.1) is 0 Å². The number of carbonyl (C=O) groups excluding carboxylic acids is 2. The quantitative estimate of drug-likeness (QED) is 0.496. The van der Waals surface area contributed by atoms with E-state index in [-0.39, 0.29) is 11.9 Å². The standard InChI is InChI=1S/C27H29N3O3/c31-26(25-13-7-6-10-21(25)20-33-24-11-4-3-5-12-24)28-22-14-16-23(17-15-22)29-27(32)30-18-8-1-2-9-19-30/h3-7,10-17H,1-2,8-9,18-20H2,(H,28,31)(H,29,32). The number of nitrogens with one attached hydrogen (secondary N) is 2. The predicted molar refractivity (Wildman–Crippen MR) is 131 cm³/mol. The van der Waals surface area contributed by atoms with Crippen molar-refractivity contribution in [2.45, 2.75) is 32.3 Å².